The van der Waals surface area contributed by atoms with Gasteiger partial charge < -0.3 is 5.32 Å². The molecule has 0 aliphatic heterocycles. The van der Waals surface area contributed by atoms with Crippen LogP contribution in [0.5, 0.6) is 0 Å². The lowest BCUT2D eigenvalue weighted by molar-refractivity contribution is 0.604. The highest BCUT2D eigenvalue weighted by Gasteiger charge is 2.10. The molecule has 17 heavy (non-hydrogen) atoms. The maximum atomic E-state index is 11.6. The van der Waals surface area contributed by atoms with Gasteiger partial charge in [0, 0.05) is 6.54 Å². The molecule has 5 heteroatoms. The van der Waals surface area contributed by atoms with E-state index in [-0.39, 0.29) is 5.75 Å². The van der Waals surface area contributed by atoms with Gasteiger partial charge in [-0.05, 0) is 18.2 Å². The van der Waals surface area contributed by atoms with E-state index in [9.17, 15) is 8.42 Å². The second-order valence-corrected chi connectivity index (χ2v) is 5.38. The van der Waals surface area contributed by atoms with Crippen molar-refractivity contribution in [1.82, 2.24) is 5.32 Å². The third-order valence-corrected chi connectivity index (χ3v) is 3.39. The van der Waals surface area contributed by atoms with Crippen molar-refractivity contribution >= 4 is 15.7 Å². The average molecular weight is 254 g/mol. The molecule has 1 rings (SSSR count). The second-order valence-electron chi connectivity index (χ2n) is 3.61. The van der Waals surface area contributed by atoms with Crippen LogP contribution in [-0.4, -0.2) is 20.7 Å². The molecule has 2 N–H and O–H groups in total. The third-order valence-electron chi connectivity index (χ3n) is 2.19. The molecule has 94 valence electrons. The van der Waals surface area contributed by atoms with Crippen molar-refractivity contribution < 1.29 is 8.42 Å². The fourth-order valence-corrected chi connectivity index (χ4v) is 2.33. The Kier molecular flexibility index (Phi) is 5.18. The Balaban J connectivity index is 2.86. The van der Waals surface area contributed by atoms with Crippen molar-refractivity contribution in [2.24, 2.45) is 0 Å². The summed E-state index contributed by atoms with van der Waals surface area (Å²) in [7, 11) is -3.33. The zero-order chi connectivity index (χ0) is 12.7. The van der Waals surface area contributed by atoms with Crippen LogP contribution in [-0.2, 0) is 16.6 Å². The zero-order valence-corrected chi connectivity index (χ0v) is 10.8. The minimum absolute atomic E-state index is 0.0808. The van der Waals surface area contributed by atoms with Gasteiger partial charge in [-0.2, -0.15) is 0 Å². The van der Waals surface area contributed by atoms with E-state index in [2.05, 4.69) is 16.6 Å². The largest absolute Gasteiger partial charge is 0.313 e. The molecule has 0 aliphatic carbocycles. The van der Waals surface area contributed by atoms with Crippen LogP contribution in [0.2, 0.25) is 0 Å². The van der Waals surface area contributed by atoms with Crippen molar-refractivity contribution in [3.63, 3.8) is 0 Å². The molecule has 1 aromatic carbocycles. The summed E-state index contributed by atoms with van der Waals surface area (Å²) in [5, 5.41) is 3.17. The smallest absolute Gasteiger partial charge is 0.236 e. The highest BCUT2D eigenvalue weighted by molar-refractivity contribution is 7.92. The van der Waals surface area contributed by atoms with Gasteiger partial charge in [-0.3, -0.25) is 4.72 Å². The Morgan fingerprint density at radius 2 is 2.06 bits per heavy atom. The summed E-state index contributed by atoms with van der Waals surface area (Å²) in [5.41, 5.74) is 1.55. The number of nitrogens with one attached hydrogen (secondary N) is 2. The van der Waals surface area contributed by atoms with Gasteiger partial charge in [0.1, 0.15) is 0 Å². The first kappa shape index (κ1) is 13.7. The summed E-state index contributed by atoms with van der Waals surface area (Å²) in [4.78, 5) is 0. The normalized spacial score (nSPS) is 11.1. The van der Waals surface area contributed by atoms with Crippen LogP contribution >= 0.6 is 0 Å². The Hall–Kier alpha value is -1.33. The maximum absolute atomic E-state index is 11.6. The van der Waals surface area contributed by atoms with Gasteiger partial charge in [0.05, 0.1) is 11.4 Å². The number of para-hydroxylation sites is 1. The van der Waals surface area contributed by atoms with Crippen LogP contribution in [0, 0.1) is 0 Å². The first-order valence-corrected chi connectivity index (χ1v) is 7.14. The molecule has 0 unspecified atom stereocenters. The van der Waals surface area contributed by atoms with Gasteiger partial charge in [0.2, 0.25) is 10.0 Å². The van der Waals surface area contributed by atoms with Gasteiger partial charge in [-0.1, -0.05) is 31.2 Å². The van der Waals surface area contributed by atoms with E-state index in [0.717, 1.165) is 12.1 Å². The number of hydrogen-bond donors (Lipinski definition) is 2. The van der Waals surface area contributed by atoms with E-state index < -0.39 is 10.0 Å². The number of sulfonamides is 1. The van der Waals surface area contributed by atoms with Gasteiger partial charge in [-0.15, -0.1) is 6.58 Å². The molecular formula is C12H18N2O2S. The lowest BCUT2D eigenvalue weighted by atomic mass is 10.2. The van der Waals surface area contributed by atoms with E-state index in [1.807, 2.05) is 19.1 Å². The predicted molar refractivity (Wildman–Crippen MR) is 71.4 cm³/mol. The molecule has 0 spiro atoms. The zero-order valence-electron chi connectivity index (χ0n) is 9.94. The molecule has 1 aromatic rings. The Morgan fingerprint density at radius 3 is 2.71 bits per heavy atom. The fraction of sp³-hybridized carbons (Fsp3) is 0.333. The number of hydrogen-bond acceptors (Lipinski definition) is 3. The van der Waals surface area contributed by atoms with E-state index in [1.165, 1.54) is 6.08 Å². The predicted octanol–water partition coefficient (Wildman–Crippen LogP) is 1.72. The van der Waals surface area contributed by atoms with Gasteiger partial charge in [-0.25, -0.2) is 8.42 Å². The third kappa shape index (κ3) is 4.58. The summed E-state index contributed by atoms with van der Waals surface area (Å²) in [6.45, 7) is 6.92. The molecule has 0 aliphatic rings. The van der Waals surface area contributed by atoms with Gasteiger partial charge in [0.25, 0.3) is 0 Å². The lowest BCUT2D eigenvalue weighted by Crippen LogP contribution is -2.18. The fourth-order valence-electron chi connectivity index (χ4n) is 1.40. The molecular weight excluding hydrogens is 236 g/mol. The molecule has 0 atom stereocenters. The monoisotopic (exact) mass is 254 g/mol. The van der Waals surface area contributed by atoms with Crippen LogP contribution in [0.15, 0.2) is 36.9 Å². The SMILES string of the molecule is C=CCS(=O)(=O)Nc1ccccc1CNCC. The first-order valence-electron chi connectivity index (χ1n) is 5.49. The van der Waals surface area contributed by atoms with Crippen molar-refractivity contribution in [1.29, 1.82) is 0 Å². The minimum Gasteiger partial charge on any atom is -0.313 e. The van der Waals surface area contributed by atoms with Crippen molar-refractivity contribution in [2.45, 2.75) is 13.5 Å². The lowest BCUT2D eigenvalue weighted by Gasteiger charge is -2.11. The minimum atomic E-state index is -3.33. The molecule has 0 radical (unpaired) electrons. The Labute approximate surface area is 103 Å². The second kappa shape index (κ2) is 6.42. The molecule has 0 amide bonds. The molecule has 0 aromatic heterocycles. The molecule has 0 heterocycles. The first-order chi connectivity index (χ1) is 8.09. The molecule has 0 bridgehead atoms. The topological polar surface area (TPSA) is 58.2 Å². The van der Waals surface area contributed by atoms with Gasteiger partial charge in [0.15, 0.2) is 0 Å². The highest BCUT2D eigenvalue weighted by atomic mass is 32.2. The van der Waals surface area contributed by atoms with Crippen LogP contribution < -0.4 is 10.0 Å². The Morgan fingerprint density at radius 1 is 1.35 bits per heavy atom. The molecule has 0 fully saturated rings. The van der Waals surface area contributed by atoms with Crippen LogP contribution in [0.4, 0.5) is 5.69 Å². The number of rotatable bonds is 7. The van der Waals surface area contributed by atoms with Crippen LogP contribution in [0.3, 0.4) is 0 Å². The number of anilines is 1. The van der Waals surface area contributed by atoms with Gasteiger partial charge >= 0.3 is 0 Å². The molecule has 0 saturated carbocycles. The van der Waals surface area contributed by atoms with Crippen molar-refractivity contribution in [3.8, 4) is 0 Å². The van der Waals surface area contributed by atoms with E-state index in [0.29, 0.717) is 12.2 Å². The summed E-state index contributed by atoms with van der Waals surface area (Å²) in [6, 6.07) is 7.35. The van der Waals surface area contributed by atoms with Crippen LogP contribution in [0.1, 0.15) is 12.5 Å². The summed E-state index contributed by atoms with van der Waals surface area (Å²) in [6.07, 6.45) is 1.37. The molecule has 4 nitrogen and oxygen atoms in total. The Bertz CT molecular complexity index is 469. The van der Waals surface area contributed by atoms with E-state index in [4.69, 9.17) is 0 Å². The van der Waals surface area contributed by atoms with Crippen LogP contribution in [0.25, 0.3) is 0 Å². The highest BCUT2D eigenvalue weighted by Crippen LogP contribution is 2.16. The quantitative estimate of drug-likeness (QED) is 0.728. The van der Waals surface area contributed by atoms with Crippen molar-refractivity contribution in [3.05, 3.63) is 42.5 Å². The van der Waals surface area contributed by atoms with E-state index in [1.54, 1.807) is 12.1 Å². The summed E-state index contributed by atoms with van der Waals surface area (Å²) < 4.78 is 25.8. The standard InChI is InChI=1S/C12H18N2O2S/c1-3-9-17(15,16)14-12-8-6-5-7-11(12)10-13-4-2/h3,5-8,13-14H,1,4,9-10H2,2H3. The summed E-state index contributed by atoms with van der Waals surface area (Å²) >= 11 is 0. The maximum Gasteiger partial charge on any atom is 0.236 e. The van der Waals surface area contributed by atoms with E-state index >= 15 is 0 Å². The summed E-state index contributed by atoms with van der Waals surface area (Å²) in [5.74, 6) is -0.0808. The number of benzene rings is 1. The average Bonchev–Trinajstić information content (AvgIpc) is 2.27. The molecule has 0 saturated heterocycles. The van der Waals surface area contributed by atoms with Crippen molar-refractivity contribution in [2.75, 3.05) is 17.0 Å².